The number of hydrogen-bond acceptors (Lipinski definition) is 4. The van der Waals surface area contributed by atoms with E-state index in [4.69, 9.17) is 17.3 Å². The molecule has 0 atom stereocenters. The fourth-order valence-electron chi connectivity index (χ4n) is 3.10. The highest BCUT2D eigenvalue weighted by atomic mass is 32.2. The second-order valence-electron chi connectivity index (χ2n) is 6.87. The fraction of sp³-hybridized carbons (Fsp3) is 0.136. The Kier molecular flexibility index (Phi) is 5.34. The monoisotopic (exact) mass is 423 g/mol. The van der Waals surface area contributed by atoms with Crippen LogP contribution in [-0.2, 0) is 4.79 Å². The number of carbonyl (C=O) groups excluding carboxylic acids is 1. The molecule has 0 saturated carbocycles. The Hall–Kier alpha value is -2.77. The Morgan fingerprint density at radius 2 is 1.79 bits per heavy atom. The van der Waals surface area contributed by atoms with Gasteiger partial charge in [-0.3, -0.25) is 9.69 Å². The molecule has 1 aromatic heterocycles. The first kappa shape index (κ1) is 19.5. The zero-order valence-electron chi connectivity index (χ0n) is 15.9. The summed E-state index contributed by atoms with van der Waals surface area (Å²) in [5, 5.41) is 4.70. The summed E-state index contributed by atoms with van der Waals surface area (Å²) >= 11 is 6.66. The molecule has 0 aliphatic carbocycles. The van der Waals surface area contributed by atoms with Crippen molar-refractivity contribution in [1.29, 1.82) is 0 Å². The van der Waals surface area contributed by atoms with Crippen molar-refractivity contribution >= 4 is 40.3 Å². The molecule has 2 aromatic carbocycles. The third-order valence-electron chi connectivity index (χ3n) is 4.51. The number of thiocarbonyl (C=S) groups is 1. The molecule has 4 rings (SSSR count). The molecule has 4 nitrogen and oxygen atoms in total. The van der Waals surface area contributed by atoms with Crippen molar-refractivity contribution in [3.05, 3.63) is 77.1 Å². The molecular formula is C22H18FN3OS2. The minimum absolute atomic E-state index is 0.00277. The van der Waals surface area contributed by atoms with Crippen molar-refractivity contribution < 1.29 is 9.18 Å². The van der Waals surface area contributed by atoms with Crippen LogP contribution in [0.3, 0.4) is 0 Å². The Balaban J connectivity index is 1.82. The van der Waals surface area contributed by atoms with E-state index in [9.17, 15) is 9.18 Å². The molecule has 1 aliphatic rings. The van der Waals surface area contributed by atoms with E-state index in [1.54, 1.807) is 21.7 Å². The summed E-state index contributed by atoms with van der Waals surface area (Å²) in [6.45, 7) is 3.87. The maximum Gasteiger partial charge on any atom is 0.266 e. The molecule has 0 spiro atoms. The first-order valence-electron chi connectivity index (χ1n) is 9.12. The number of amides is 1. The predicted octanol–water partition coefficient (Wildman–Crippen LogP) is 5.29. The molecule has 1 aliphatic heterocycles. The van der Waals surface area contributed by atoms with Gasteiger partial charge >= 0.3 is 0 Å². The molecule has 0 bridgehead atoms. The minimum atomic E-state index is -0.310. The lowest BCUT2D eigenvalue weighted by molar-refractivity contribution is -0.123. The standard InChI is InChI=1S/C22H18FN3OS2/c1-14(2)26-21(27)19(29-22(26)28)12-16-13-25(18-6-4-3-5-7-18)24-20(16)15-8-10-17(23)11-9-15/h3-14H,1-2H3/b19-12+. The molecule has 2 heterocycles. The number of hydrogen-bond donors (Lipinski definition) is 0. The zero-order valence-corrected chi connectivity index (χ0v) is 17.5. The number of aromatic nitrogens is 2. The molecule has 7 heteroatoms. The van der Waals surface area contributed by atoms with Crippen molar-refractivity contribution in [3.63, 3.8) is 0 Å². The van der Waals surface area contributed by atoms with Crippen LogP contribution in [0, 0.1) is 5.82 Å². The van der Waals surface area contributed by atoms with Gasteiger partial charge in [0.1, 0.15) is 10.1 Å². The van der Waals surface area contributed by atoms with Crippen LogP contribution in [0.4, 0.5) is 4.39 Å². The number of halogens is 1. The summed E-state index contributed by atoms with van der Waals surface area (Å²) in [5.41, 5.74) is 3.10. The largest absolute Gasteiger partial charge is 0.290 e. The quantitative estimate of drug-likeness (QED) is 0.422. The highest BCUT2D eigenvalue weighted by Crippen LogP contribution is 2.35. The summed E-state index contributed by atoms with van der Waals surface area (Å²) in [6.07, 6.45) is 3.68. The topological polar surface area (TPSA) is 38.1 Å². The van der Waals surface area contributed by atoms with Gasteiger partial charge in [-0.25, -0.2) is 9.07 Å². The SMILES string of the molecule is CC(C)N1C(=O)/C(=C\c2cn(-c3ccccc3)nc2-c2ccc(F)cc2)SC1=S. The Labute approximate surface area is 178 Å². The van der Waals surface area contributed by atoms with Gasteiger partial charge in [-0.1, -0.05) is 42.2 Å². The lowest BCUT2D eigenvalue weighted by Gasteiger charge is -2.18. The third-order valence-corrected chi connectivity index (χ3v) is 5.84. The number of rotatable bonds is 4. The van der Waals surface area contributed by atoms with Gasteiger partial charge in [0, 0.05) is 23.4 Å². The Morgan fingerprint density at radius 3 is 2.41 bits per heavy atom. The van der Waals surface area contributed by atoms with E-state index >= 15 is 0 Å². The predicted molar refractivity (Wildman–Crippen MR) is 119 cm³/mol. The normalized spacial score (nSPS) is 15.7. The van der Waals surface area contributed by atoms with Crippen LogP contribution in [0.15, 0.2) is 65.7 Å². The fourth-order valence-corrected chi connectivity index (χ4v) is 4.62. The van der Waals surface area contributed by atoms with Gasteiger partial charge in [0.15, 0.2) is 0 Å². The Bertz CT molecular complexity index is 1100. The van der Waals surface area contributed by atoms with Gasteiger partial charge in [-0.2, -0.15) is 5.10 Å². The second-order valence-corrected chi connectivity index (χ2v) is 8.54. The van der Waals surface area contributed by atoms with Gasteiger partial charge in [0.25, 0.3) is 5.91 Å². The molecule has 29 heavy (non-hydrogen) atoms. The maximum atomic E-state index is 13.4. The van der Waals surface area contributed by atoms with E-state index in [1.807, 2.05) is 56.5 Å². The first-order valence-corrected chi connectivity index (χ1v) is 10.3. The van der Waals surface area contributed by atoms with Crippen LogP contribution in [0.5, 0.6) is 0 Å². The second kappa shape index (κ2) is 7.93. The summed E-state index contributed by atoms with van der Waals surface area (Å²) in [5.74, 6) is -0.414. The molecule has 1 saturated heterocycles. The van der Waals surface area contributed by atoms with Crippen molar-refractivity contribution in [2.45, 2.75) is 19.9 Å². The zero-order chi connectivity index (χ0) is 20.5. The van der Waals surface area contributed by atoms with Crippen molar-refractivity contribution in [3.8, 4) is 16.9 Å². The molecule has 1 fully saturated rings. The van der Waals surface area contributed by atoms with Crippen LogP contribution in [0.25, 0.3) is 23.0 Å². The van der Waals surface area contributed by atoms with Crippen LogP contribution < -0.4 is 0 Å². The van der Waals surface area contributed by atoms with E-state index in [1.165, 1.54) is 23.9 Å². The van der Waals surface area contributed by atoms with Crippen molar-refractivity contribution in [1.82, 2.24) is 14.7 Å². The van der Waals surface area contributed by atoms with Crippen molar-refractivity contribution in [2.24, 2.45) is 0 Å². The number of thioether (sulfide) groups is 1. The molecule has 1 amide bonds. The molecule has 3 aromatic rings. The molecular weight excluding hydrogens is 405 g/mol. The highest BCUT2D eigenvalue weighted by molar-refractivity contribution is 8.26. The van der Waals surface area contributed by atoms with Gasteiger partial charge in [-0.05, 0) is 56.3 Å². The lowest BCUT2D eigenvalue weighted by atomic mass is 10.1. The van der Waals surface area contributed by atoms with E-state index in [2.05, 4.69) is 0 Å². The third kappa shape index (κ3) is 3.88. The van der Waals surface area contributed by atoms with Gasteiger partial charge in [-0.15, -0.1) is 0 Å². The van der Waals surface area contributed by atoms with Crippen LogP contribution >= 0.6 is 24.0 Å². The number of para-hydroxylation sites is 1. The Morgan fingerprint density at radius 1 is 1.10 bits per heavy atom. The number of benzene rings is 2. The molecule has 0 unspecified atom stereocenters. The van der Waals surface area contributed by atoms with Gasteiger partial charge in [0.05, 0.1) is 16.3 Å². The molecule has 0 N–H and O–H groups in total. The van der Waals surface area contributed by atoms with Gasteiger partial charge < -0.3 is 0 Å². The van der Waals surface area contributed by atoms with E-state index in [0.717, 1.165) is 16.8 Å². The molecule has 0 radical (unpaired) electrons. The van der Waals surface area contributed by atoms with E-state index in [0.29, 0.717) is 14.9 Å². The van der Waals surface area contributed by atoms with Crippen molar-refractivity contribution in [2.75, 3.05) is 0 Å². The highest BCUT2D eigenvalue weighted by Gasteiger charge is 2.34. The number of nitrogens with zero attached hydrogens (tertiary/aromatic N) is 3. The lowest BCUT2D eigenvalue weighted by Crippen LogP contribution is -2.34. The first-order chi connectivity index (χ1) is 13.9. The van der Waals surface area contributed by atoms with E-state index < -0.39 is 0 Å². The van der Waals surface area contributed by atoms with Crippen LogP contribution in [0.2, 0.25) is 0 Å². The van der Waals surface area contributed by atoms with Crippen LogP contribution in [0.1, 0.15) is 19.4 Å². The minimum Gasteiger partial charge on any atom is -0.290 e. The molecule has 146 valence electrons. The average molecular weight is 424 g/mol. The smallest absolute Gasteiger partial charge is 0.266 e. The summed E-state index contributed by atoms with van der Waals surface area (Å²) in [7, 11) is 0. The van der Waals surface area contributed by atoms with Crippen LogP contribution in [-0.4, -0.2) is 30.9 Å². The van der Waals surface area contributed by atoms with E-state index in [-0.39, 0.29) is 17.8 Å². The summed E-state index contributed by atoms with van der Waals surface area (Å²) in [4.78, 5) is 15.0. The summed E-state index contributed by atoms with van der Waals surface area (Å²) in [6, 6.07) is 15.9. The summed E-state index contributed by atoms with van der Waals surface area (Å²) < 4.78 is 15.7. The number of carbonyl (C=O) groups is 1. The maximum absolute atomic E-state index is 13.4. The van der Waals surface area contributed by atoms with Gasteiger partial charge in [0.2, 0.25) is 0 Å². The average Bonchev–Trinajstić information content (AvgIpc) is 3.24.